The number of nitrogens with two attached hydrogens (primary N) is 1. The molecule has 9 heteroatoms. The molecule has 3 N–H and O–H groups in total. The Morgan fingerprint density at radius 2 is 1.46 bits per heavy atom. The molecule has 188 valence electrons. The number of hydrogen-bond donors (Lipinski definition) is 2. The van der Waals surface area contributed by atoms with Crippen molar-refractivity contribution in [1.82, 2.24) is 0 Å². The molecule has 0 saturated carbocycles. The van der Waals surface area contributed by atoms with Crippen LogP contribution in [0.2, 0.25) is 0 Å². The summed E-state index contributed by atoms with van der Waals surface area (Å²) in [6.45, 7) is 6.61. The Morgan fingerprint density at radius 3 is 2.00 bits per heavy atom. The molecule has 0 bridgehead atoms. The van der Waals surface area contributed by atoms with Crippen LogP contribution in [0.15, 0.2) is 48.5 Å². The van der Waals surface area contributed by atoms with Crippen molar-refractivity contribution in [2.45, 2.75) is 58.6 Å². The average molecular weight is 486 g/mol. The first kappa shape index (κ1) is 27.5. The molecule has 0 saturated heterocycles. The summed E-state index contributed by atoms with van der Waals surface area (Å²) in [6.07, 6.45) is -0.527. The molecule has 0 spiro atoms. The number of rotatable bonds is 11. The van der Waals surface area contributed by atoms with E-state index < -0.39 is 47.9 Å². The maximum atomic E-state index is 12.5. The lowest BCUT2D eigenvalue weighted by Crippen LogP contribution is -2.42. The van der Waals surface area contributed by atoms with Crippen LogP contribution in [-0.2, 0) is 19.1 Å². The van der Waals surface area contributed by atoms with Crippen LogP contribution in [0.5, 0.6) is 11.5 Å². The topological polar surface area (TPSA) is 142 Å². The number of aliphatic carboxylic acids is 1. The first-order valence-corrected chi connectivity index (χ1v) is 11.4. The number of hydrogen-bond acceptors (Lipinski definition) is 8. The zero-order valence-electron chi connectivity index (χ0n) is 20.2. The molecule has 0 aromatic heterocycles. The van der Waals surface area contributed by atoms with Gasteiger partial charge in [-0.25, -0.2) is 4.79 Å². The third kappa shape index (κ3) is 7.38. The number of ether oxygens (including phenoxy) is 3. The van der Waals surface area contributed by atoms with Crippen LogP contribution in [0, 0.1) is 5.92 Å². The first-order valence-electron chi connectivity index (χ1n) is 11.4. The molecule has 9 nitrogen and oxygen atoms in total. The van der Waals surface area contributed by atoms with Gasteiger partial charge in [-0.2, -0.15) is 0 Å². The second-order valence-corrected chi connectivity index (χ2v) is 8.09. The van der Waals surface area contributed by atoms with Gasteiger partial charge >= 0.3 is 23.9 Å². The molecule has 35 heavy (non-hydrogen) atoms. The maximum absolute atomic E-state index is 12.5. The molecule has 0 aliphatic rings. The van der Waals surface area contributed by atoms with Gasteiger partial charge in [-0.15, -0.1) is 0 Å². The van der Waals surface area contributed by atoms with Crippen molar-refractivity contribution >= 4 is 23.9 Å². The normalized spacial score (nSPS) is 14.2. The Morgan fingerprint density at radius 1 is 0.886 bits per heavy atom. The molecule has 2 rings (SSSR count). The third-order valence-electron chi connectivity index (χ3n) is 5.66. The number of carboxylic acids is 1. The average Bonchev–Trinajstić information content (AvgIpc) is 2.85. The Balaban J connectivity index is 2.42. The number of carbonyl (C=O) groups is 4. The van der Waals surface area contributed by atoms with Crippen LogP contribution in [0.25, 0.3) is 0 Å². The minimum Gasteiger partial charge on any atom is -0.480 e. The third-order valence-corrected chi connectivity index (χ3v) is 5.66. The van der Waals surface area contributed by atoms with Crippen molar-refractivity contribution in [3.63, 3.8) is 0 Å². The van der Waals surface area contributed by atoms with E-state index in [-0.39, 0.29) is 24.3 Å². The Labute approximate surface area is 204 Å². The van der Waals surface area contributed by atoms with Crippen LogP contribution in [0.4, 0.5) is 0 Å². The minimum atomic E-state index is -1.36. The van der Waals surface area contributed by atoms with Gasteiger partial charge in [0.1, 0.15) is 12.1 Å². The maximum Gasteiger partial charge on any atom is 0.338 e. The predicted molar refractivity (Wildman–Crippen MR) is 127 cm³/mol. The molecule has 3 unspecified atom stereocenters. The number of carbonyl (C=O) groups excluding carboxylic acids is 3. The van der Waals surface area contributed by atoms with Crippen molar-refractivity contribution in [3.8, 4) is 11.5 Å². The predicted octanol–water partition coefficient (Wildman–Crippen LogP) is 3.69. The smallest absolute Gasteiger partial charge is 0.338 e. The van der Waals surface area contributed by atoms with E-state index in [1.165, 1.54) is 12.1 Å². The van der Waals surface area contributed by atoms with Gasteiger partial charge in [0.25, 0.3) is 0 Å². The molecule has 4 atom stereocenters. The van der Waals surface area contributed by atoms with Crippen molar-refractivity contribution in [2.24, 2.45) is 11.7 Å². The lowest BCUT2D eigenvalue weighted by Gasteiger charge is -2.32. The van der Waals surface area contributed by atoms with Gasteiger partial charge < -0.3 is 25.1 Å². The van der Waals surface area contributed by atoms with Crippen LogP contribution in [0.3, 0.4) is 0 Å². The zero-order valence-corrected chi connectivity index (χ0v) is 20.2. The SMILES string of the molecule is CCC(=O)Oc1ccc(C(C(C)C(C)OC(=O)c2ccccc2)[C@H](N)C(=O)O)cc1OC(=O)CC. The van der Waals surface area contributed by atoms with Crippen molar-refractivity contribution < 1.29 is 38.5 Å². The quantitative estimate of drug-likeness (QED) is 0.360. The molecule has 2 aromatic carbocycles. The fourth-order valence-corrected chi connectivity index (χ4v) is 3.49. The van der Waals surface area contributed by atoms with E-state index >= 15 is 0 Å². The highest BCUT2D eigenvalue weighted by molar-refractivity contribution is 5.89. The van der Waals surface area contributed by atoms with Crippen LogP contribution < -0.4 is 15.2 Å². The monoisotopic (exact) mass is 485 g/mol. The van der Waals surface area contributed by atoms with E-state index in [4.69, 9.17) is 19.9 Å². The molecular weight excluding hydrogens is 454 g/mol. The van der Waals surface area contributed by atoms with Gasteiger partial charge in [-0.1, -0.05) is 45.0 Å². The van der Waals surface area contributed by atoms with Crippen molar-refractivity contribution in [1.29, 1.82) is 0 Å². The van der Waals surface area contributed by atoms with Crippen molar-refractivity contribution in [2.75, 3.05) is 0 Å². The first-order chi connectivity index (χ1) is 16.6. The summed E-state index contributed by atoms with van der Waals surface area (Å²) in [5.74, 6) is -4.27. The largest absolute Gasteiger partial charge is 0.480 e. The second-order valence-electron chi connectivity index (χ2n) is 8.09. The molecule has 0 aliphatic heterocycles. The summed E-state index contributed by atoms with van der Waals surface area (Å²) < 4.78 is 16.2. The van der Waals surface area contributed by atoms with Crippen LogP contribution >= 0.6 is 0 Å². The van der Waals surface area contributed by atoms with Crippen molar-refractivity contribution in [3.05, 3.63) is 59.7 Å². The molecule has 0 aliphatic carbocycles. The number of benzene rings is 2. The Kier molecular flexibility index (Phi) is 9.96. The van der Waals surface area contributed by atoms with Gasteiger partial charge in [0.05, 0.1) is 5.56 Å². The zero-order chi connectivity index (χ0) is 26.1. The molecule has 0 radical (unpaired) electrons. The lowest BCUT2D eigenvalue weighted by molar-refractivity contribution is -0.140. The fraction of sp³-hybridized carbons (Fsp3) is 0.385. The highest BCUT2D eigenvalue weighted by atomic mass is 16.6. The van der Waals surface area contributed by atoms with Gasteiger partial charge in [-0.05, 0) is 36.8 Å². The summed E-state index contributed by atoms with van der Waals surface area (Å²) in [6, 6.07) is 11.5. The van der Waals surface area contributed by atoms with Gasteiger partial charge in [-0.3, -0.25) is 14.4 Å². The van der Waals surface area contributed by atoms with Crippen LogP contribution in [0.1, 0.15) is 62.4 Å². The van der Waals surface area contributed by atoms with Gasteiger partial charge in [0.2, 0.25) is 0 Å². The van der Waals surface area contributed by atoms with Gasteiger partial charge in [0, 0.05) is 24.7 Å². The lowest BCUT2D eigenvalue weighted by atomic mass is 9.79. The second kappa shape index (κ2) is 12.7. The summed E-state index contributed by atoms with van der Waals surface area (Å²) in [5, 5.41) is 9.68. The van der Waals surface area contributed by atoms with E-state index in [9.17, 15) is 24.3 Å². The summed E-state index contributed by atoms with van der Waals surface area (Å²) >= 11 is 0. The van der Waals surface area contributed by atoms with E-state index in [0.29, 0.717) is 11.1 Å². The number of carboxylic acid groups (broad SMARTS) is 1. The van der Waals surface area contributed by atoms with E-state index in [0.717, 1.165) is 0 Å². The molecule has 0 amide bonds. The Hall–Kier alpha value is -3.72. The highest BCUT2D eigenvalue weighted by Crippen LogP contribution is 2.37. The summed E-state index contributed by atoms with van der Waals surface area (Å²) in [5.41, 5.74) is 6.84. The summed E-state index contributed by atoms with van der Waals surface area (Å²) in [7, 11) is 0. The fourth-order valence-electron chi connectivity index (χ4n) is 3.49. The van der Waals surface area contributed by atoms with E-state index in [1.807, 2.05) is 0 Å². The number of esters is 3. The Bertz CT molecular complexity index is 1050. The summed E-state index contributed by atoms with van der Waals surface area (Å²) in [4.78, 5) is 48.2. The van der Waals surface area contributed by atoms with Crippen LogP contribution in [-0.4, -0.2) is 41.1 Å². The molecule has 0 fully saturated rings. The van der Waals surface area contributed by atoms with Gasteiger partial charge in [0.15, 0.2) is 11.5 Å². The minimum absolute atomic E-state index is 0.0279. The standard InChI is InChI=1S/C26H31NO8/c1-5-21(28)34-19-13-12-18(14-20(19)35-22(29)6-2)23(24(27)25(30)31)15(3)16(4)33-26(32)17-10-8-7-9-11-17/h7-16,23-24H,5-6,27H2,1-4H3,(H,30,31)/t15?,16?,23?,24-/m0/s1. The molecule has 0 heterocycles. The van der Waals surface area contributed by atoms with E-state index in [1.54, 1.807) is 64.1 Å². The highest BCUT2D eigenvalue weighted by Gasteiger charge is 2.36. The van der Waals surface area contributed by atoms with E-state index in [2.05, 4.69) is 0 Å². The molecule has 2 aromatic rings. The molecular formula is C26H31NO8.